The second-order valence-corrected chi connectivity index (χ2v) is 7.51. The summed E-state index contributed by atoms with van der Waals surface area (Å²) in [7, 11) is 0. The summed E-state index contributed by atoms with van der Waals surface area (Å²) in [6.07, 6.45) is 7.70. The summed E-state index contributed by atoms with van der Waals surface area (Å²) in [6.45, 7) is 9.07. The number of aryl methyl sites for hydroxylation is 2. The Labute approximate surface area is 171 Å². The van der Waals surface area contributed by atoms with Crippen LogP contribution in [-0.4, -0.2) is 63.5 Å². The van der Waals surface area contributed by atoms with Gasteiger partial charge in [0, 0.05) is 51.2 Å². The highest BCUT2D eigenvalue weighted by Crippen LogP contribution is 2.20. The lowest BCUT2D eigenvalue weighted by Gasteiger charge is -2.38. The number of furan rings is 1. The number of amides is 3. The first kappa shape index (κ1) is 21.0. The molecule has 0 radical (unpaired) electrons. The SMILES string of the molecule is CCCNC(=O)N(CCn1ccnc1C)C1CCN(C(=O)c2ccoc2C)CC1. The number of imidazole rings is 1. The molecule has 1 fully saturated rings. The van der Waals surface area contributed by atoms with E-state index in [0.717, 1.165) is 25.1 Å². The van der Waals surface area contributed by atoms with E-state index in [0.29, 0.717) is 44.0 Å². The molecule has 0 spiro atoms. The number of rotatable bonds is 7. The van der Waals surface area contributed by atoms with E-state index in [1.807, 2.05) is 29.8 Å². The Kier molecular flexibility index (Phi) is 6.95. The van der Waals surface area contributed by atoms with Crippen LogP contribution in [0.15, 0.2) is 29.1 Å². The first-order valence-corrected chi connectivity index (χ1v) is 10.4. The minimum atomic E-state index is -0.0277. The number of carbonyl (C=O) groups is 2. The van der Waals surface area contributed by atoms with Gasteiger partial charge in [-0.1, -0.05) is 6.92 Å². The Morgan fingerprint density at radius 1 is 1.31 bits per heavy atom. The average Bonchev–Trinajstić information content (AvgIpc) is 3.34. The zero-order valence-electron chi connectivity index (χ0n) is 17.6. The number of piperidine rings is 1. The van der Waals surface area contributed by atoms with Crippen LogP contribution in [0.25, 0.3) is 0 Å². The first-order valence-electron chi connectivity index (χ1n) is 10.4. The smallest absolute Gasteiger partial charge is 0.317 e. The van der Waals surface area contributed by atoms with Gasteiger partial charge < -0.3 is 24.1 Å². The summed E-state index contributed by atoms with van der Waals surface area (Å²) >= 11 is 0. The van der Waals surface area contributed by atoms with Crippen LogP contribution < -0.4 is 5.32 Å². The molecule has 2 aromatic heterocycles. The molecule has 0 aliphatic carbocycles. The summed E-state index contributed by atoms with van der Waals surface area (Å²) in [5.74, 6) is 1.59. The summed E-state index contributed by atoms with van der Waals surface area (Å²) in [4.78, 5) is 33.5. The van der Waals surface area contributed by atoms with Crippen LogP contribution in [0.2, 0.25) is 0 Å². The van der Waals surface area contributed by atoms with E-state index in [9.17, 15) is 9.59 Å². The van der Waals surface area contributed by atoms with Crippen LogP contribution in [0.1, 0.15) is 48.1 Å². The number of aromatic nitrogens is 2. The van der Waals surface area contributed by atoms with E-state index in [1.165, 1.54) is 0 Å². The largest absolute Gasteiger partial charge is 0.469 e. The minimum absolute atomic E-state index is 0.00530. The molecular formula is C21H31N5O3. The third-order valence-electron chi connectivity index (χ3n) is 5.57. The molecule has 1 N–H and O–H groups in total. The number of hydrogen-bond acceptors (Lipinski definition) is 4. The molecule has 29 heavy (non-hydrogen) atoms. The van der Waals surface area contributed by atoms with Gasteiger partial charge in [0.25, 0.3) is 5.91 Å². The van der Waals surface area contributed by atoms with Gasteiger partial charge in [-0.15, -0.1) is 0 Å². The topological polar surface area (TPSA) is 83.6 Å². The number of nitrogens with zero attached hydrogens (tertiary/aromatic N) is 4. The number of nitrogens with one attached hydrogen (secondary N) is 1. The second kappa shape index (κ2) is 9.62. The number of urea groups is 1. The van der Waals surface area contributed by atoms with Crippen molar-refractivity contribution in [1.29, 1.82) is 0 Å². The maximum absolute atomic E-state index is 12.8. The lowest BCUT2D eigenvalue weighted by Crippen LogP contribution is -2.52. The van der Waals surface area contributed by atoms with E-state index in [-0.39, 0.29) is 18.0 Å². The normalized spacial score (nSPS) is 14.8. The summed E-state index contributed by atoms with van der Waals surface area (Å²) in [5, 5.41) is 3.01. The molecule has 2 aromatic rings. The van der Waals surface area contributed by atoms with Crippen molar-refractivity contribution in [3.63, 3.8) is 0 Å². The fraction of sp³-hybridized carbons (Fsp3) is 0.571. The Morgan fingerprint density at radius 2 is 2.07 bits per heavy atom. The summed E-state index contributed by atoms with van der Waals surface area (Å²) < 4.78 is 7.32. The molecule has 3 heterocycles. The maximum atomic E-state index is 12.8. The first-order chi connectivity index (χ1) is 14.0. The Hall–Kier alpha value is -2.77. The van der Waals surface area contributed by atoms with Gasteiger partial charge in [0.1, 0.15) is 11.6 Å². The third-order valence-corrected chi connectivity index (χ3v) is 5.57. The molecule has 158 valence electrons. The number of carbonyl (C=O) groups excluding carboxylic acids is 2. The third kappa shape index (κ3) is 4.99. The van der Waals surface area contributed by atoms with Crippen molar-refractivity contribution in [2.75, 3.05) is 26.2 Å². The summed E-state index contributed by atoms with van der Waals surface area (Å²) in [6, 6.07) is 1.81. The van der Waals surface area contributed by atoms with Crippen molar-refractivity contribution in [2.45, 2.75) is 52.6 Å². The van der Waals surface area contributed by atoms with Gasteiger partial charge in [-0.05, 0) is 39.2 Å². The van der Waals surface area contributed by atoms with Crippen LogP contribution in [0.3, 0.4) is 0 Å². The highest BCUT2D eigenvalue weighted by molar-refractivity contribution is 5.95. The lowest BCUT2D eigenvalue weighted by atomic mass is 10.0. The predicted molar refractivity (Wildman–Crippen MR) is 110 cm³/mol. The van der Waals surface area contributed by atoms with E-state index in [1.54, 1.807) is 25.5 Å². The second-order valence-electron chi connectivity index (χ2n) is 7.51. The molecule has 0 atom stereocenters. The monoisotopic (exact) mass is 401 g/mol. The van der Waals surface area contributed by atoms with Crippen LogP contribution in [0.5, 0.6) is 0 Å². The number of likely N-dealkylation sites (tertiary alicyclic amines) is 1. The van der Waals surface area contributed by atoms with Gasteiger partial charge in [0.2, 0.25) is 0 Å². The van der Waals surface area contributed by atoms with Crippen LogP contribution in [-0.2, 0) is 6.54 Å². The van der Waals surface area contributed by atoms with Gasteiger partial charge in [0.15, 0.2) is 0 Å². The Morgan fingerprint density at radius 3 is 2.66 bits per heavy atom. The van der Waals surface area contributed by atoms with Gasteiger partial charge in [-0.3, -0.25) is 4.79 Å². The molecule has 1 saturated heterocycles. The van der Waals surface area contributed by atoms with Crippen molar-refractivity contribution in [1.82, 2.24) is 24.7 Å². The van der Waals surface area contributed by atoms with Gasteiger partial charge in [-0.2, -0.15) is 0 Å². The maximum Gasteiger partial charge on any atom is 0.317 e. The minimum Gasteiger partial charge on any atom is -0.469 e. The Bertz CT molecular complexity index is 820. The van der Waals surface area contributed by atoms with Crippen molar-refractivity contribution in [3.8, 4) is 0 Å². The predicted octanol–water partition coefficient (Wildman–Crippen LogP) is 2.82. The number of hydrogen-bond donors (Lipinski definition) is 1. The molecule has 3 amide bonds. The van der Waals surface area contributed by atoms with E-state index in [4.69, 9.17) is 4.42 Å². The highest BCUT2D eigenvalue weighted by atomic mass is 16.3. The quantitative estimate of drug-likeness (QED) is 0.773. The molecule has 0 unspecified atom stereocenters. The van der Waals surface area contributed by atoms with E-state index in [2.05, 4.69) is 14.9 Å². The highest BCUT2D eigenvalue weighted by Gasteiger charge is 2.30. The fourth-order valence-corrected chi connectivity index (χ4v) is 3.80. The molecule has 0 saturated carbocycles. The van der Waals surface area contributed by atoms with E-state index >= 15 is 0 Å². The Balaban J connectivity index is 1.62. The molecule has 1 aliphatic rings. The van der Waals surface area contributed by atoms with Gasteiger partial charge in [-0.25, -0.2) is 9.78 Å². The zero-order chi connectivity index (χ0) is 20.8. The lowest BCUT2D eigenvalue weighted by molar-refractivity contribution is 0.0648. The standard InChI is InChI=1S/C21H31N5O3/c1-4-8-23-21(28)26(14-13-24-12-9-22-17(24)3)18-5-10-25(11-6-18)20(27)19-7-15-29-16(19)2/h7,9,12,15,18H,4-6,8,10-11,13-14H2,1-3H3,(H,23,28). The zero-order valence-corrected chi connectivity index (χ0v) is 17.6. The molecule has 0 bridgehead atoms. The summed E-state index contributed by atoms with van der Waals surface area (Å²) in [5.41, 5.74) is 0.622. The molecule has 8 nitrogen and oxygen atoms in total. The molecule has 1 aliphatic heterocycles. The van der Waals surface area contributed by atoms with Crippen molar-refractivity contribution >= 4 is 11.9 Å². The molecule has 8 heteroatoms. The molecule has 3 rings (SSSR count). The van der Waals surface area contributed by atoms with Crippen molar-refractivity contribution in [3.05, 3.63) is 41.9 Å². The average molecular weight is 402 g/mol. The van der Waals surface area contributed by atoms with Crippen molar-refractivity contribution < 1.29 is 14.0 Å². The molecular weight excluding hydrogens is 370 g/mol. The van der Waals surface area contributed by atoms with Crippen LogP contribution in [0, 0.1) is 13.8 Å². The van der Waals surface area contributed by atoms with Crippen LogP contribution in [0.4, 0.5) is 4.79 Å². The fourth-order valence-electron chi connectivity index (χ4n) is 3.80. The molecule has 0 aromatic carbocycles. The van der Waals surface area contributed by atoms with Crippen molar-refractivity contribution in [2.24, 2.45) is 0 Å². The van der Waals surface area contributed by atoms with E-state index < -0.39 is 0 Å². The van der Waals surface area contributed by atoms with Gasteiger partial charge in [0.05, 0.1) is 11.8 Å². The van der Waals surface area contributed by atoms with Gasteiger partial charge >= 0.3 is 6.03 Å². The van der Waals surface area contributed by atoms with Crippen LogP contribution >= 0.6 is 0 Å².